The Bertz CT molecular complexity index is 1050. The Kier molecular flexibility index (Phi) is 6.49. The molecule has 0 saturated heterocycles. The molecule has 0 spiro atoms. The zero-order chi connectivity index (χ0) is 23.8. The zero-order valence-corrected chi connectivity index (χ0v) is 16.7. The van der Waals surface area contributed by atoms with Gasteiger partial charge in [0.2, 0.25) is 5.91 Å². The van der Waals surface area contributed by atoms with Gasteiger partial charge in [0, 0.05) is 31.6 Å². The summed E-state index contributed by atoms with van der Waals surface area (Å²) in [6, 6.07) is 0.0699. The molecule has 7 nitrogen and oxygen atoms in total. The number of alkyl halides is 3. The van der Waals surface area contributed by atoms with Crippen molar-refractivity contribution in [3.05, 3.63) is 52.4 Å². The highest BCUT2D eigenvalue weighted by Gasteiger charge is 2.43. The quantitative estimate of drug-likeness (QED) is 0.417. The molecule has 1 atom stereocenters. The lowest BCUT2D eigenvalue weighted by atomic mass is 10.0. The number of hydrogen-bond acceptors (Lipinski definition) is 5. The molecule has 1 aliphatic heterocycles. The van der Waals surface area contributed by atoms with Gasteiger partial charge in [-0.15, -0.1) is 0 Å². The minimum atomic E-state index is -4.90. The van der Waals surface area contributed by atoms with E-state index in [2.05, 4.69) is 9.72 Å². The van der Waals surface area contributed by atoms with E-state index in [-0.39, 0.29) is 43.9 Å². The molecule has 3 rings (SSSR count). The lowest BCUT2D eigenvalue weighted by Crippen LogP contribution is -2.41. The van der Waals surface area contributed by atoms with Crippen LogP contribution in [-0.2, 0) is 35.2 Å². The van der Waals surface area contributed by atoms with E-state index in [1.807, 2.05) is 0 Å². The monoisotopic (exact) mass is 464 g/mol. The molecule has 0 aliphatic carbocycles. The number of ether oxygens (including phenoxy) is 1. The Morgan fingerprint density at radius 1 is 1.16 bits per heavy atom. The number of esters is 1. The van der Waals surface area contributed by atoms with Crippen molar-refractivity contribution < 1.29 is 40.7 Å². The van der Waals surface area contributed by atoms with Crippen LogP contribution in [0.1, 0.15) is 34.0 Å². The minimum absolute atomic E-state index is 0.0320. The van der Waals surface area contributed by atoms with Gasteiger partial charge in [0.1, 0.15) is 11.6 Å². The van der Waals surface area contributed by atoms with Gasteiger partial charge < -0.3 is 19.9 Å². The normalized spacial score (nSPS) is 14.8. The molecule has 32 heavy (non-hydrogen) atoms. The fourth-order valence-electron chi connectivity index (χ4n) is 3.47. The first kappa shape index (κ1) is 23.6. The number of hydrogen-bond donors (Lipinski definition) is 1. The highest BCUT2D eigenvalue weighted by molar-refractivity contribution is 5.89. The summed E-state index contributed by atoms with van der Waals surface area (Å²) in [6.45, 7) is -0.484. The Morgan fingerprint density at radius 2 is 1.81 bits per heavy atom. The van der Waals surface area contributed by atoms with Gasteiger partial charge in [-0.1, -0.05) is 0 Å². The van der Waals surface area contributed by atoms with Crippen molar-refractivity contribution in [2.45, 2.75) is 38.1 Å². The van der Waals surface area contributed by atoms with Gasteiger partial charge in [-0.2, -0.15) is 13.2 Å². The van der Waals surface area contributed by atoms with Crippen molar-refractivity contribution in [3.8, 4) is 0 Å². The van der Waals surface area contributed by atoms with Crippen LogP contribution in [0.15, 0.2) is 12.1 Å². The summed E-state index contributed by atoms with van der Waals surface area (Å²) in [7, 11) is 0.943. The number of halogens is 6. The van der Waals surface area contributed by atoms with E-state index in [9.17, 15) is 35.9 Å². The van der Waals surface area contributed by atoms with Crippen LogP contribution in [0.2, 0.25) is 0 Å². The van der Waals surface area contributed by atoms with Crippen LogP contribution in [0.5, 0.6) is 0 Å². The predicted molar refractivity (Wildman–Crippen MR) is 96.6 cm³/mol. The van der Waals surface area contributed by atoms with Crippen molar-refractivity contribution in [2.75, 3.05) is 13.7 Å². The number of nitrogens with zero attached hydrogens (tertiary/aromatic N) is 3. The first-order chi connectivity index (χ1) is 14.9. The van der Waals surface area contributed by atoms with E-state index in [4.69, 9.17) is 5.73 Å². The van der Waals surface area contributed by atoms with Crippen molar-refractivity contribution in [2.24, 2.45) is 5.73 Å². The third kappa shape index (κ3) is 4.71. The average molecular weight is 464 g/mol. The van der Waals surface area contributed by atoms with Crippen LogP contribution in [0.4, 0.5) is 26.3 Å². The maximum absolute atomic E-state index is 13.8. The molecule has 174 valence electrons. The molecule has 0 unspecified atom stereocenters. The molecule has 1 aromatic heterocycles. The third-order valence-electron chi connectivity index (χ3n) is 4.98. The van der Waals surface area contributed by atoms with Crippen LogP contribution >= 0.6 is 0 Å². The first-order valence-electron chi connectivity index (χ1n) is 9.34. The molecule has 1 amide bonds. The highest BCUT2D eigenvalue weighted by Crippen LogP contribution is 2.33. The van der Waals surface area contributed by atoms with E-state index in [1.54, 1.807) is 0 Å². The molecule has 0 fully saturated rings. The lowest BCUT2D eigenvalue weighted by molar-refractivity contribution is -0.141. The number of rotatable bonds is 5. The Morgan fingerprint density at radius 3 is 2.44 bits per heavy atom. The van der Waals surface area contributed by atoms with Gasteiger partial charge in [0.15, 0.2) is 23.0 Å². The van der Waals surface area contributed by atoms with Crippen LogP contribution in [-0.4, -0.2) is 46.0 Å². The summed E-state index contributed by atoms with van der Waals surface area (Å²) in [5.74, 6) is -5.54. The SMILES string of the molecule is COC(=O)c1c(C(F)(F)F)nc2n1CCN(C(=O)C[C@@H](N)Cc1cc(F)c(F)cc1F)C2. The smallest absolute Gasteiger partial charge is 0.435 e. The van der Waals surface area contributed by atoms with Crippen LogP contribution in [0.25, 0.3) is 0 Å². The maximum Gasteiger partial charge on any atom is 0.435 e. The number of nitrogens with two attached hydrogens (primary N) is 1. The van der Waals surface area contributed by atoms with Gasteiger partial charge >= 0.3 is 12.1 Å². The summed E-state index contributed by atoms with van der Waals surface area (Å²) in [5, 5.41) is 0. The second kappa shape index (κ2) is 8.81. The topological polar surface area (TPSA) is 90.5 Å². The predicted octanol–water partition coefficient (Wildman–Crippen LogP) is 2.41. The summed E-state index contributed by atoms with van der Waals surface area (Å²) in [5.41, 5.74) is 3.49. The van der Waals surface area contributed by atoms with E-state index >= 15 is 0 Å². The summed E-state index contributed by atoms with van der Waals surface area (Å²) >= 11 is 0. The van der Waals surface area contributed by atoms with Crippen molar-refractivity contribution in [3.63, 3.8) is 0 Å². The summed E-state index contributed by atoms with van der Waals surface area (Å²) in [4.78, 5) is 29.1. The molecular weight excluding hydrogens is 446 g/mol. The number of carbonyl (C=O) groups is 2. The molecule has 2 heterocycles. The Balaban J connectivity index is 1.73. The van der Waals surface area contributed by atoms with Crippen LogP contribution in [0, 0.1) is 17.5 Å². The lowest BCUT2D eigenvalue weighted by Gasteiger charge is -2.29. The van der Waals surface area contributed by atoms with Gasteiger partial charge in [-0.25, -0.2) is 22.9 Å². The number of imidazole rings is 1. The minimum Gasteiger partial charge on any atom is -0.464 e. The maximum atomic E-state index is 13.8. The van der Waals surface area contributed by atoms with Crippen molar-refractivity contribution in [1.29, 1.82) is 0 Å². The summed E-state index contributed by atoms with van der Waals surface area (Å²) < 4.78 is 85.5. The molecule has 2 aromatic rings. The third-order valence-corrected chi connectivity index (χ3v) is 4.98. The number of aromatic nitrogens is 2. The van der Waals surface area contributed by atoms with E-state index in [0.29, 0.717) is 12.1 Å². The molecule has 1 aromatic carbocycles. The Labute approximate surface area is 177 Å². The number of carbonyl (C=O) groups excluding carboxylic acids is 2. The van der Waals surface area contributed by atoms with Gasteiger partial charge in [-0.3, -0.25) is 4.79 Å². The fourth-order valence-corrected chi connectivity index (χ4v) is 3.47. The second-order valence-electron chi connectivity index (χ2n) is 7.21. The van der Waals surface area contributed by atoms with E-state index in [0.717, 1.165) is 11.7 Å². The number of benzene rings is 1. The first-order valence-corrected chi connectivity index (χ1v) is 9.34. The molecular formula is C19H18F6N4O3. The largest absolute Gasteiger partial charge is 0.464 e. The standard InChI is InChI=1S/C19H18F6N4O3/c1-32-18(31)16-17(19(23,24)25)27-14-8-28(2-3-29(14)16)15(30)6-10(26)4-9-5-12(21)13(22)7-11(9)20/h5,7,10H,2-4,6,8,26H2,1H3/t10-/m0/s1. The van der Waals surface area contributed by atoms with Crippen LogP contribution in [0.3, 0.4) is 0 Å². The molecule has 1 aliphatic rings. The van der Waals surface area contributed by atoms with Crippen LogP contribution < -0.4 is 5.73 Å². The molecule has 0 saturated carbocycles. The highest BCUT2D eigenvalue weighted by atomic mass is 19.4. The van der Waals surface area contributed by atoms with Crippen molar-refractivity contribution in [1.82, 2.24) is 14.5 Å². The van der Waals surface area contributed by atoms with Crippen molar-refractivity contribution >= 4 is 11.9 Å². The molecule has 13 heteroatoms. The molecule has 0 radical (unpaired) electrons. The fraction of sp³-hybridized carbons (Fsp3) is 0.421. The number of amides is 1. The number of methoxy groups -OCH3 is 1. The zero-order valence-electron chi connectivity index (χ0n) is 16.7. The van der Waals surface area contributed by atoms with Gasteiger partial charge in [0.05, 0.1) is 13.7 Å². The average Bonchev–Trinajstić information content (AvgIpc) is 3.10. The number of fused-ring (bicyclic) bond motifs is 1. The van der Waals surface area contributed by atoms with E-state index in [1.165, 1.54) is 4.90 Å². The Hall–Kier alpha value is -3.09. The second-order valence-corrected chi connectivity index (χ2v) is 7.21. The van der Waals surface area contributed by atoms with E-state index < -0.39 is 52.9 Å². The summed E-state index contributed by atoms with van der Waals surface area (Å²) in [6.07, 6.45) is -5.49. The molecule has 0 bridgehead atoms. The van der Waals surface area contributed by atoms with Gasteiger partial charge in [0.25, 0.3) is 0 Å². The van der Waals surface area contributed by atoms with Gasteiger partial charge in [-0.05, 0) is 18.1 Å². The molecule has 2 N–H and O–H groups in total.